The fourth-order valence-electron chi connectivity index (χ4n) is 2.86. The number of hydrogen-bond donors (Lipinski definition) is 1. The van der Waals surface area contributed by atoms with Crippen LogP contribution in [-0.4, -0.2) is 21.8 Å². The van der Waals surface area contributed by atoms with Gasteiger partial charge >= 0.3 is 0 Å². The molecular weight excluding hydrogens is 428 g/mol. The van der Waals surface area contributed by atoms with Crippen LogP contribution in [0.3, 0.4) is 0 Å². The van der Waals surface area contributed by atoms with E-state index in [-0.39, 0.29) is 20.7 Å². The largest absolute Gasteiger partial charge is 0.276 e. The molecule has 0 saturated heterocycles. The van der Waals surface area contributed by atoms with E-state index in [2.05, 4.69) is 9.71 Å². The summed E-state index contributed by atoms with van der Waals surface area (Å²) in [5.74, 6) is -0.275. The van der Waals surface area contributed by atoms with E-state index in [0.29, 0.717) is 5.56 Å². The lowest BCUT2D eigenvalue weighted by atomic mass is 10.2. The van der Waals surface area contributed by atoms with Crippen molar-refractivity contribution < 1.29 is 16.8 Å². The fraction of sp³-hybridized carbons (Fsp3) is 0.0500. The molecule has 0 aliphatic carbocycles. The van der Waals surface area contributed by atoms with Crippen molar-refractivity contribution >= 4 is 47.0 Å². The highest BCUT2D eigenvalue weighted by atomic mass is 32.2. The number of sulfonamides is 1. The molecule has 2 aromatic carbocycles. The Morgan fingerprint density at radius 2 is 1.59 bits per heavy atom. The molecule has 0 aliphatic heterocycles. The molecule has 29 heavy (non-hydrogen) atoms. The molecule has 0 unspecified atom stereocenters. The maximum Gasteiger partial charge on any atom is 0.271 e. The molecule has 4 rings (SSSR count). The first-order valence-electron chi connectivity index (χ1n) is 8.58. The standard InChI is InChI=1S/C20H16N2O4S3/c23-28(24,14-15-7-2-1-3-8-15)20-17(10-6-12-21-20)22-29(25,26)19-13-16-9-4-5-11-18(16)27-19/h1-13,22H,14H2. The fourth-order valence-corrected chi connectivity index (χ4v) is 6.84. The van der Waals surface area contributed by atoms with Gasteiger partial charge in [0.15, 0.2) is 5.03 Å². The SMILES string of the molecule is O=S(=O)(Cc1ccccc1)c1ncccc1NS(=O)(=O)c1cc2ccccc2s1. The molecule has 0 saturated carbocycles. The zero-order valence-electron chi connectivity index (χ0n) is 15.0. The molecule has 0 radical (unpaired) electrons. The van der Waals surface area contributed by atoms with Gasteiger partial charge in [0.25, 0.3) is 10.0 Å². The third-order valence-corrected chi connectivity index (χ3v) is 8.76. The van der Waals surface area contributed by atoms with E-state index in [0.717, 1.165) is 21.4 Å². The molecule has 148 valence electrons. The second-order valence-electron chi connectivity index (χ2n) is 6.31. The van der Waals surface area contributed by atoms with E-state index >= 15 is 0 Å². The summed E-state index contributed by atoms with van der Waals surface area (Å²) in [5.41, 5.74) is 0.525. The number of nitrogens with zero attached hydrogens (tertiary/aromatic N) is 1. The van der Waals surface area contributed by atoms with Crippen LogP contribution < -0.4 is 4.72 Å². The summed E-state index contributed by atoms with van der Waals surface area (Å²) < 4.78 is 54.9. The average molecular weight is 445 g/mol. The Labute approximate surface area is 172 Å². The van der Waals surface area contributed by atoms with Crippen molar-refractivity contribution in [2.75, 3.05) is 4.72 Å². The normalized spacial score (nSPS) is 12.1. The van der Waals surface area contributed by atoms with E-state index < -0.39 is 19.9 Å². The Hall–Kier alpha value is -2.75. The average Bonchev–Trinajstić information content (AvgIpc) is 3.14. The second-order valence-corrected chi connectivity index (χ2v) is 11.2. The molecule has 4 aromatic rings. The van der Waals surface area contributed by atoms with Gasteiger partial charge in [-0.05, 0) is 35.2 Å². The number of anilines is 1. The number of rotatable bonds is 6. The summed E-state index contributed by atoms with van der Waals surface area (Å²) in [6.45, 7) is 0. The predicted octanol–water partition coefficient (Wildman–Crippen LogP) is 4.07. The van der Waals surface area contributed by atoms with Crippen LogP contribution in [0.4, 0.5) is 5.69 Å². The van der Waals surface area contributed by atoms with Crippen molar-refractivity contribution in [3.63, 3.8) is 0 Å². The molecule has 0 fully saturated rings. The van der Waals surface area contributed by atoms with Gasteiger partial charge in [-0.1, -0.05) is 48.5 Å². The second kappa shape index (κ2) is 7.58. The quantitative estimate of drug-likeness (QED) is 0.484. The number of benzene rings is 2. The molecular formula is C20H16N2O4S3. The van der Waals surface area contributed by atoms with Crippen LogP contribution in [0.2, 0.25) is 0 Å². The topological polar surface area (TPSA) is 93.2 Å². The monoisotopic (exact) mass is 444 g/mol. The van der Waals surface area contributed by atoms with E-state index in [1.165, 1.54) is 18.3 Å². The molecule has 2 heterocycles. The number of aromatic nitrogens is 1. The van der Waals surface area contributed by atoms with Crippen LogP contribution in [0.25, 0.3) is 10.1 Å². The Morgan fingerprint density at radius 1 is 0.862 bits per heavy atom. The van der Waals surface area contributed by atoms with Crippen LogP contribution in [-0.2, 0) is 25.6 Å². The van der Waals surface area contributed by atoms with Crippen LogP contribution in [0.5, 0.6) is 0 Å². The van der Waals surface area contributed by atoms with E-state index in [1.807, 2.05) is 24.3 Å². The molecule has 1 N–H and O–H groups in total. The first-order chi connectivity index (χ1) is 13.9. The molecule has 0 bridgehead atoms. The zero-order valence-corrected chi connectivity index (χ0v) is 17.5. The highest BCUT2D eigenvalue weighted by Crippen LogP contribution is 2.31. The lowest BCUT2D eigenvalue weighted by Crippen LogP contribution is -2.16. The maximum absolute atomic E-state index is 12.9. The molecule has 0 aliphatic rings. The van der Waals surface area contributed by atoms with E-state index in [4.69, 9.17) is 0 Å². The lowest BCUT2D eigenvalue weighted by molar-refractivity contribution is 0.592. The number of nitrogens with one attached hydrogen (secondary N) is 1. The molecule has 0 amide bonds. The number of fused-ring (bicyclic) bond motifs is 1. The first-order valence-corrected chi connectivity index (χ1v) is 12.5. The van der Waals surface area contributed by atoms with Gasteiger partial charge in [0.05, 0.1) is 11.4 Å². The van der Waals surface area contributed by atoms with Crippen molar-refractivity contribution in [1.82, 2.24) is 4.98 Å². The van der Waals surface area contributed by atoms with Crippen LogP contribution in [0, 0.1) is 0 Å². The molecule has 0 atom stereocenters. The van der Waals surface area contributed by atoms with Crippen molar-refractivity contribution in [3.05, 3.63) is 84.6 Å². The number of hydrogen-bond acceptors (Lipinski definition) is 6. The van der Waals surface area contributed by atoms with Gasteiger partial charge in [0.1, 0.15) is 4.21 Å². The van der Waals surface area contributed by atoms with Gasteiger partial charge in [0.2, 0.25) is 9.84 Å². The van der Waals surface area contributed by atoms with Gasteiger partial charge in [-0.2, -0.15) is 0 Å². The summed E-state index contributed by atoms with van der Waals surface area (Å²) >= 11 is 1.12. The van der Waals surface area contributed by atoms with Crippen LogP contribution in [0.15, 0.2) is 88.2 Å². The minimum absolute atomic E-state index is 0.0686. The Bertz CT molecular complexity index is 1350. The molecule has 9 heteroatoms. The molecule has 0 spiro atoms. The summed E-state index contributed by atoms with van der Waals surface area (Å²) in [6.07, 6.45) is 1.33. The number of sulfone groups is 1. The minimum atomic E-state index is -3.97. The van der Waals surface area contributed by atoms with Crippen molar-refractivity contribution in [3.8, 4) is 0 Å². The van der Waals surface area contributed by atoms with Gasteiger partial charge < -0.3 is 0 Å². The molecule has 2 aromatic heterocycles. The highest BCUT2D eigenvalue weighted by Gasteiger charge is 2.25. The lowest BCUT2D eigenvalue weighted by Gasteiger charge is -2.11. The number of pyridine rings is 1. The Kier molecular flexibility index (Phi) is 5.12. The summed E-state index contributed by atoms with van der Waals surface area (Å²) in [6, 6.07) is 20.4. The Morgan fingerprint density at radius 3 is 2.34 bits per heavy atom. The Balaban J connectivity index is 1.69. The highest BCUT2D eigenvalue weighted by molar-refractivity contribution is 7.95. The van der Waals surface area contributed by atoms with Gasteiger partial charge in [-0.3, -0.25) is 4.72 Å². The van der Waals surface area contributed by atoms with Crippen molar-refractivity contribution in [2.24, 2.45) is 0 Å². The maximum atomic E-state index is 12.9. The minimum Gasteiger partial charge on any atom is -0.276 e. The smallest absolute Gasteiger partial charge is 0.271 e. The van der Waals surface area contributed by atoms with Crippen molar-refractivity contribution in [1.29, 1.82) is 0 Å². The van der Waals surface area contributed by atoms with Crippen LogP contribution >= 0.6 is 11.3 Å². The third-order valence-electron chi connectivity index (χ3n) is 4.18. The van der Waals surface area contributed by atoms with Gasteiger partial charge in [0, 0.05) is 10.9 Å². The summed E-state index contributed by atoms with van der Waals surface area (Å²) in [7, 11) is -7.82. The predicted molar refractivity (Wildman–Crippen MR) is 114 cm³/mol. The van der Waals surface area contributed by atoms with Crippen LogP contribution in [0.1, 0.15) is 5.56 Å². The van der Waals surface area contributed by atoms with E-state index in [9.17, 15) is 16.8 Å². The van der Waals surface area contributed by atoms with Crippen molar-refractivity contribution in [2.45, 2.75) is 15.0 Å². The van der Waals surface area contributed by atoms with Gasteiger partial charge in [-0.25, -0.2) is 21.8 Å². The van der Waals surface area contributed by atoms with Gasteiger partial charge in [-0.15, -0.1) is 11.3 Å². The summed E-state index contributed by atoms with van der Waals surface area (Å²) in [4.78, 5) is 3.96. The van der Waals surface area contributed by atoms with E-state index in [1.54, 1.807) is 36.4 Å². The molecule has 6 nitrogen and oxygen atoms in total. The third kappa shape index (κ3) is 4.16. The first kappa shape index (κ1) is 19.6. The summed E-state index contributed by atoms with van der Waals surface area (Å²) in [5, 5.41) is 0.509. The number of thiophene rings is 1. The zero-order chi connectivity index (χ0) is 20.5.